The van der Waals surface area contributed by atoms with Crippen LogP contribution in [0.2, 0.25) is 0 Å². The van der Waals surface area contributed by atoms with Crippen molar-refractivity contribution < 1.29 is 14.7 Å². The molecule has 0 bridgehead atoms. The summed E-state index contributed by atoms with van der Waals surface area (Å²) in [7, 11) is 0. The average molecular weight is 338 g/mol. The van der Waals surface area contributed by atoms with E-state index in [1.165, 1.54) is 12.5 Å². The van der Waals surface area contributed by atoms with Crippen molar-refractivity contribution in [3.8, 4) is 0 Å². The summed E-state index contributed by atoms with van der Waals surface area (Å²) in [6.07, 6.45) is 2.28. The molecule has 25 heavy (non-hydrogen) atoms. The van der Waals surface area contributed by atoms with Crippen LogP contribution in [0.3, 0.4) is 0 Å². The number of aromatic carboxylic acids is 1. The minimum absolute atomic E-state index is 0.164. The van der Waals surface area contributed by atoms with Crippen LogP contribution in [0.15, 0.2) is 48.5 Å². The van der Waals surface area contributed by atoms with Crippen molar-refractivity contribution >= 4 is 23.3 Å². The summed E-state index contributed by atoms with van der Waals surface area (Å²) in [5.74, 6) is -0.672. The Labute approximate surface area is 147 Å². The van der Waals surface area contributed by atoms with Crippen molar-refractivity contribution in [1.82, 2.24) is 0 Å². The zero-order valence-corrected chi connectivity index (χ0v) is 14.2. The summed E-state index contributed by atoms with van der Waals surface area (Å²) in [6.45, 7) is 4.02. The minimum atomic E-state index is -1.01. The molecule has 0 radical (unpaired) electrons. The Kier molecular flexibility index (Phi) is 5.03. The number of carbonyl (C=O) groups is 2. The van der Waals surface area contributed by atoms with Gasteiger partial charge >= 0.3 is 5.97 Å². The molecule has 0 saturated carbocycles. The van der Waals surface area contributed by atoms with Crippen molar-refractivity contribution in [2.24, 2.45) is 5.92 Å². The standard InChI is InChI=1S/C20H22N2O3/c1-14-6-5-11-22(13-14)18-10-9-16(20(24)25)12-17(18)21-19(23)15-7-3-2-4-8-15/h2-4,7-10,12,14H,5-6,11,13H2,1H3,(H,21,23)(H,24,25)/t14-/m1/s1. The van der Waals surface area contributed by atoms with Gasteiger partial charge in [0.05, 0.1) is 16.9 Å². The Morgan fingerprint density at radius 2 is 1.88 bits per heavy atom. The van der Waals surface area contributed by atoms with E-state index < -0.39 is 5.97 Å². The number of rotatable bonds is 4. The second-order valence-corrected chi connectivity index (χ2v) is 6.55. The first-order chi connectivity index (χ1) is 12.0. The zero-order valence-electron chi connectivity index (χ0n) is 14.2. The Morgan fingerprint density at radius 3 is 2.56 bits per heavy atom. The number of benzene rings is 2. The van der Waals surface area contributed by atoms with Crippen molar-refractivity contribution in [2.75, 3.05) is 23.3 Å². The maximum absolute atomic E-state index is 12.5. The zero-order chi connectivity index (χ0) is 17.8. The Hall–Kier alpha value is -2.82. The highest BCUT2D eigenvalue weighted by Crippen LogP contribution is 2.31. The van der Waals surface area contributed by atoms with E-state index in [0.717, 1.165) is 25.2 Å². The molecule has 1 amide bonds. The van der Waals surface area contributed by atoms with Crippen LogP contribution >= 0.6 is 0 Å². The molecular weight excluding hydrogens is 316 g/mol. The van der Waals surface area contributed by atoms with Crippen molar-refractivity contribution in [3.05, 3.63) is 59.7 Å². The fraction of sp³-hybridized carbons (Fsp3) is 0.300. The molecule has 5 nitrogen and oxygen atoms in total. The predicted octanol–water partition coefficient (Wildman–Crippen LogP) is 3.87. The molecule has 2 aromatic rings. The van der Waals surface area contributed by atoms with E-state index in [0.29, 0.717) is 17.2 Å². The van der Waals surface area contributed by atoms with Gasteiger partial charge in [-0.2, -0.15) is 0 Å². The quantitative estimate of drug-likeness (QED) is 0.888. The fourth-order valence-corrected chi connectivity index (χ4v) is 3.24. The first-order valence-electron chi connectivity index (χ1n) is 8.53. The van der Waals surface area contributed by atoms with Gasteiger partial charge in [0, 0.05) is 18.7 Å². The second-order valence-electron chi connectivity index (χ2n) is 6.55. The number of nitrogens with one attached hydrogen (secondary N) is 1. The summed E-state index contributed by atoms with van der Waals surface area (Å²) in [5.41, 5.74) is 2.13. The third-order valence-electron chi connectivity index (χ3n) is 4.53. The molecular formula is C20H22N2O3. The third-order valence-corrected chi connectivity index (χ3v) is 4.53. The number of piperidine rings is 1. The molecule has 1 fully saturated rings. The van der Waals surface area contributed by atoms with Crippen molar-refractivity contribution in [3.63, 3.8) is 0 Å². The number of carboxylic acids is 1. The van der Waals surface area contributed by atoms with E-state index >= 15 is 0 Å². The van der Waals surface area contributed by atoms with Gasteiger partial charge in [0.25, 0.3) is 5.91 Å². The maximum atomic E-state index is 12.5. The van der Waals surface area contributed by atoms with E-state index in [-0.39, 0.29) is 11.5 Å². The van der Waals surface area contributed by atoms with Gasteiger partial charge in [-0.25, -0.2) is 4.79 Å². The number of hydrogen-bond donors (Lipinski definition) is 2. The number of amides is 1. The molecule has 0 aromatic heterocycles. The van der Waals surface area contributed by atoms with Gasteiger partial charge in [0.2, 0.25) is 0 Å². The van der Waals surface area contributed by atoms with Gasteiger partial charge in [-0.05, 0) is 49.1 Å². The Balaban J connectivity index is 1.92. The molecule has 3 rings (SSSR count). The van der Waals surface area contributed by atoms with Gasteiger partial charge in [-0.1, -0.05) is 25.1 Å². The van der Waals surface area contributed by atoms with Crippen LogP contribution < -0.4 is 10.2 Å². The minimum Gasteiger partial charge on any atom is -0.478 e. The molecule has 1 aliphatic heterocycles. The summed E-state index contributed by atoms with van der Waals surface area (Å²) in [5, 5.41) is 12.2. The molecule has 0 unspecified atom stereocenters. The molecule has 1 saturated heterocycles. The number of hydrogen-bond acceptors (Lipinski definition) is 3. The third kappa shape index (κ3) is 3.99. The van der Waals surface area contributed by atoms with Crippen molar-refractivity contribution in [2.45, 2.75) is 19.8 Å². The first kappa shape index (κ1) is 17.0. The number of carboxylic acid groups (broad SMARTS) is 1. The molecule has 1 aliphatic rings. The lowest BCUT2D eigenvalue weighted by atomic mass is 9.99. The van der Waals surface area contributed by atoms with E-state index in [1.807, 2.05) is 6.07 Å². The Bertz CT molecular complexity index is 774. The molecule has 0 aliphatic carbocycles. The van der Waals surface area contributed by atoms with Crippen LogP contribution in [0.5, 0.6) is 0 Å². The van der Waals surface area contributed by atoms with Crippen LogP contribution in [-0.2, 0) is 0 Å². The van der Waals surface area contributed by atoms with Gasteiger partial charge in [-0.15, -0.1) is 0 Å². The largest absolute Gasteiger partial charge is 0.478 e. The molecule has 1 atom stereocenters. The maximum Gasteiger partial charge on any atom is 0.335 e. The van der Waals surface area contributed by atoms with Crippen LogP contribution in [0.1, 0.15) is 40.5 Å². The van der Waals surface area contributed by atoms with E-state index in [1.54, 1.807) is 36.4 Å². The average Bonchev–Trinajstić information content (AvgIpc) is 2.62. The molecule has 130 valence electrons. The van der Waals surface area contributed by atoms with Crippen LogP contribution in [0, 0.1) is 5.92 Å². The van der Waals surface area contributed by atoms with Crippen molar-refractivity contribution in [1.29, 1.82) is 0 Å². The van der Waals surface area contributed by atoms with Gasteiger partial charge in [0.15, 0.2) is 0 Å². The first-order valence-corrected chi connectivity index (χ1v) is 8.53. The lowest BCUT2D eigenvalue weighted by molar-refractivity contribution is 0.0696. The van der Waals surface area contributed by atoms with E-state index in [4.69, 9.17) is 0 Å². The highest BCUT2D eigenvalue weighted by molar-refractivity contribution is 6.06. The number of anilines is 2. The SMILES string of the molecule is C[C@@H]1CCCN(c2ccc(C(=O)O)cc2NC(=O)c2ccccc2)C1. The second kappa shape index (κ2) is 7.38. The topological polar surface area (TPSA) is 69.6 Å². The monoisotopic (exact) mass is 338 g/mol. The van der Waals surface area contributed by atoms with Gasteiger partial charge in [-0.3, -0.25) is 4.79 Å². The summed E-state index contributed by atoms with van der Waals surface area (Å²) >= 11 is 0. The van der Waals surface area contributed by atoms with E-state index in [2.05, 4.69) is 17.1 Å². The fourth-order valence-electron chi connectivity index (χ4n) is 3.24. The highest BCUT2D eigenvalue weighted by atomic mass is 16.4. The van der Waals surface area contributed by atoms with Crippen LogP contribution in [-0.4, -0.2) is 30.1 Å². The lowest BCUT2D eigenvalue weighted by Crippen LogP contribution is -2.35. The smallest absolute Gasteiger partial charge is 0.335 e. The molecule has 2 N–H and O–H groups in total. The molecule has 5 heteroatoms. The summed E-state index contributed by atoms with van der Waals surface area (Å²) < 4.78 is 0. The Morgan fingerprint density at radius 1 is 1.12 bits per heavy atom. The summed E-state index contributed by atoms with van der Waals surface area (Å²) in [6, 6.07) is 13.8. The molecule has 1 heterocycles. The van der Waals surface area contributed by atoms with E-state index in [9.17, 15) is 14.7 Å². The molecule has 2 aromatic carbocycles. The summed E-state index contributed by atoms with van der Waals surface area (Å²) in [4.78, 5) is 26.1. The number of carbonyl (C=O) groups excluding carboxylic acids is 1. The molecule has 0 spiro atoms. The van der Waals surface area contributed by atoms with Gasteiger partial charge in [0.1, 0.15) is 0 Å². The van der Waals surface area contributed by atoms with Crippen LogP contribution in [0.25, 0.3) is 0 Å². The highest BCUT2D eigenvalue weighted by Gasteiger charge is 2.21. The number of nitrogens with zero attached hydrogens (tertiary/aromatic N) is 1. The van der Waals surface area contributed by atoms with Gasteiger partial charge < -0.3 is 15.3 Å². The normalized spacial score (nSPS) is 17.2. The van der Waals surface area contributed by atoms with Crippen LogP contribution in [0.4, 0.5) is 11.4 Å². The lowest BCUT2D eigenvalue weighted by Gasteiger charge is -2.34. The predicted molar refractivity (Wildman–Crippen MR) is 98.4 cm³/mol.